The fraction of sp³-hybridized carbons (Fsp3) is 0.333. The molecule has 1 fully saturated rings. The molecule has 1 aromatic carbocycles. The van der Waals surface area contributed by atoms with E-state index in [-0.39, 0.29) is 0 Å². The van der Waals surface area contributed by atoms with Gasteiger partial charge in [0.1, 0.15) is 0 Å². The number of thiophene rings is 1. The molecule has 1 aliphatic rings. The van der Waals surface area contributed by atoms with Gasteiger partial charge in [-0.05, 0) is 41.3 Å². The summed E-state index contributed by atoms with van der Waals surface area (Å²) in [4.78, 5) is 0. The summed E-state index contributed by atoms with van der Waals surface area (Å²) in [6.07, 6.45) is 1.28. The standard InChI is InChI=1S/C15H17NS/c1-11(13-7-8-17-10-13)16-15-9-14(15)12-5-3-2-4-6-12/h2-8,10-11,14-16H,9H2,1H3. The van der Waals surface area contributed by atoms with Crippen LogP contribution in [-0.4, -0.2) is 6.04 Å². The molecule has 0 bridgehead atoms. The van der Waals surface area contributed by atoms with Gasteiger partial charge >= 0.3 is 0 Å². The van der Waals surface area contributed by atoms with Crippen molar-refractivity contribution >= 4 is 11.3 Å². The molecule has 0 radical (unpaired) electrons. The minimum absolute atomic E-state index is 0.472. The molecular weight excluding hydrogens is 226 g/mol. The van der Waals surface area contributed by atoms with Gasteiger partial charge in [0.2, 0.25) is 0 Å². The van der Waals surface area contributed by atoms with Gasteiger partial charge in [-0.15, -0.1) is 0 Å². The average molecular weight is 243 g/mol. The SMILES string of the molecule is CC(NC1CC1c1ccccc1)c1ccsc1. The molecule has 0 amide bonds. The van der Waals surface area contributed by atoms with Crippen LogP contribution in [0.4, 0.5) is 0 Å². The van der Waals surface area contributed by atoms with E-state index in [2.05, 4.69) is 59.4 Å². The molecule has 88 valence electrons. The minimum atomic E-state index is 0.472. The molecule has 2 aromatic rings. The van der Waals surface area contributed by atoms with Crippen molar-refractivity contribution in [2.24, 2.45) is 0 Å². The number of rotatable bonds is 4. The van der Waals surface area contributed by atoms with Gasteiger partial charge in [0.15, 0.2) is 0 Å². The molecule has 3 unspecified atom stereocenters. The highest BCUT2D eigenvalue weighted by Gasteiger charge is 2.38. The first kappa shape index (κ1) is 11.0. The maximum Gasteiger partial charge on any atom is 0.0302 e. The van der Waals surface area contributed by atoms with Crippen molar-refractivity contribution in [2.45, 2.75) is 31.3 Å². The van der Waals surface area contributed by atoms with Gasteiger partial charge in [0.25, 0.3) is 0 Å². The van der Waals surface area contributed by atoms with E-state index in [1.54, 1.807) is 11.3 Å². The Morgan fingerprint density at radius 3 is 2.76 bits per heavy atom. The maximum absolute atomic E-state index is 3.71. The Labute approximate surface area is 106 Å². The average Bonchev–Trinajstić information content (AvgIpc) is 2.92. The molecule has 1 N–H and O–H groups in total. The van der Waals surface area contributed by atoms with Crippen LogP contribution in [0.5, 0.6) is 0 Å². The summed E-state index contributed by atoms with van der Waals surface area (Å²) in [7, 11) is 0. The summed E-state index contributed by atoms with van der Waals surface area (Å²) in [5.41, 5.74) is 2.89. The van der Waals surface area contributed by atoms with Crippen LogP contribution in [0.1, 0.15) is 36.4 Å². The van der Waals surface area contributed by atoms with Crippen LogP contribution in [0.2, 0.25) is 0 Å². The molecular formula is C15H17NS. The zero-order chi connectivity index (χ0) is 11.7. The Morgan fingerprint density at radius 2 is 2.06 bits per heavy atom. The third kappa shape index (κ3) is 2.43. The largest absolute Gasteiger partial charge is 0.307 e. The van der Waals surface area contributed by atoms with Crippen molar-refractivity contribution in [2.75, 3.05) is 0 Å². The van der Waals surface area contributed by atoms with E-state index in [1.807, 2.05) is 0 Å². The highest BCUT2D eigenvalue weighted by molar-refractivity contribution is 7.07. The van der Waals surface area contributed by atoms with Crippen LogP contribution >= 0.6 is 11.3 Å². The molecule has 1 aromatic heterocycles. The van der Waals surface area contributed by atoms with E-state index >= 15 is 0 Å². The Kier molecular flexibility index (Phi) is 3.00. The quantitative estimate of drug-likeness (QED) is 0.857. The smallest absolute Gasteiger partial charge is 0.0302 e. The summed E-state index contributed by atoms with van der Waals surface area (Å²) in [5.74, 6) is 0.720. The second kappa shape index (κ2) is 4.63. The van der Waals surface area contributed by atoms with Gasteiger partial charge in [0, 0.05) is 18.0 Å². The van der Waals surface area contributed by atoms with Gasteiger partial charge < -0.3 is 5.32 Å². The molecule has 3 atom stereocenters. The Morgan fingerprint density at radius 1 is 1.24 bits per heavy atom. The van der Waals surface area contributed by atoms with E-state index in [1.165, 1.54) is 17.5 Å². The molecule has 1 saturated carbocycles. The van der Waals surface area contributed by atoms with Gasteiger partial charge in [-0.1, -0.05) is 30.3 Å². The molecule has 2 heteroatoms. The molecule has 0 saturated heterocycles. The summed E-state index contributed by atoms with van der Waals surface area (Å²) in [6.45, 7) is 2.25. The highest BCUT2D eigenvalue weighted by Crippen LogP contribution is 2.41. The Balaban J connectivity index is 1.59. The summed E-state index contributed by atoms with van der Waals surface area (Å²) in [6, 6.07) is 14.2. The van der Waals surface area contributed by atoms with Crippen LogP contribution in [0.15, 0.2) is 47.2 Å². The third-order valence-corrected chi connectivity index (χ3v) is 4.23. The van der Waals surface area contributed by atoms with E-state index in [4.69, 9.17) is 0 Å². The monoisotopic (exact) mass is 243 g/mol. The first-order chi connectivity index (χ1) is 8.34. The normalized spacial score (nSPS) is 24.5. The lowest BCUT2D eigenvalue weighted by Gasteiger charge is -2.12. The van der Waals surface area contributed by atoms with E-state index < -0.39 is 0 Å². The fourth-order valence-corrected chi connectivity index (χ4v) is 3.14. The third-order valence-electron chi connectivity index (χ3n) is 3.53. The summed E-state index contributed by atoms with van der Waals surface area (Å²) in [5, 5.41) is 8.09. The molecule has 3 rings (SSSR count). The van der Waals surface area contributed by atoms with Crippen LogP contribution < -0.4 is 5.32 Å². The second-order valence-electron chi connectivity index (χ2n) is 4.80. The number of hydrogen-bond acceptors (Lipinski definition) is 2. The molecule has 1 heterocycles. The van der Waals surface area contributed by atoms with Crippen LogP contribution in [-0.2, 0) is 0 Å². The predicted molar refractivity (Wildman–Crippen MR) is 73.5 cm³/mol. The molecule has 17 heavy (non-hydrogen) atoms. The number of benzene rings is 1. The Bertz CT molecular complexity index is 463. The van der Waals surface area contributed by atoms with Crippen LogP contribution in [0, 0.1) is 0 Å². The zero-order valence-electron chi connectivity index (χ0n) is 9.97. The van der Waals surface area contributed by atoms with Crippen LogP contribution in [0.3, 0.4) is 0 Å². The molecule has 0 aliphatic heterocycles. The lowest BCUT2D eigenvalue weighted by molar-refractivity contribution is 0.564. The molecule has 0 spiro atoms. The first-order valence-corrected chi connectivity index (χ1v) is 7.12. The maximum atomic E-state index is 3.71. The van der Waals surface area contributed by atoms with Gasteiger partial charge in [-0.25, -0.2) is 0 Å². The van der Waals surface area contributed by atoms with Gasteiger partial charge in [-0.3, -0.25) is 0 Å². The first-order valence-electron chi connectivity index (χ1n) is 6.17. The van der Waals surface area contributed by atoms with Crippen molar-refractivity contribution in [3.05, 3.63) is 58.3 Å². The summed E-state index contributed by atoms with van der Waals surface area (Å²) >= 11 is 1.77. The zero-order valence-corrected chi connectivity index (χ0v) is 10.8. The minimum Gasteiger partial charge on any atom is -0.307 e. The van der Waals surface area contributed by atoms with Crippen molar-refractivity contribution in [1.82, 2.24) is 5.32 Å². The lowest BCUT2D eigenvalue weighted by atomic mass is 10.1. The van der Waals surface area contributed by atoms with E-state index in [9.17, 15) is 0 Å². The van der Waals surface area contributed by atoms with Crippen LogP contribution in [0.25, 0.3) is 0 Å². The van der Waals surface area contributed by atoms with Crippen molar-refractivity contribution in [3.63, 3.8) is 0 Å². The van der Waals surface area contributed by atoms with E-state index in [0.717, 1.165) is 5.92 Å². The molecule has 1 aliphatic carbocycles. The predicted octanol–water partition coefficient (Wildman–Crippen LogP) is 3.95. The van der Waals surface area contributed by atoms with Crippen molar-refractivity contribution < 1.29 is 0 Å². The summed E-state index contributed by atoms with van der Waals surface area (Å²) < 4.78 is 0. The topological polar surface area (TPSA) is 12.0 Å². The molecule has 1 nitrogen and oxygen atoms in total. The van der Waals surface area contributed by atoms with Crippen molar-refractivity contribution in [3.8, 4) is 0 Å². The second-order valence-corrected chi connectivity index (χ2v) is 5.58. The van der Waals surface area contributed by atoms with E-state index in [0.29, 0.717) is 12.1 Å². The van der Waals surface area contributed by atoms with Gasteiger partial charge in [-0.2, -0.15) is 11.3 Å². The van der Waals surface area contributed by atoms with Gasteiger partial charge in [0.05, 0.1) is 0 Å². The Hall–Kier alpha value is -1.12. The highest BCUT2D eigenvalue weighted by atomic mass is 32.1. The number of nitrogens with one attached hydrogen (secondary N) is 1. The lowest BCUT2D eigenvalue weighted by Crippen LogP contribution is -2.21. The van der Waals surface area contributed by atoms with Crippen molar-refractivity contribution in [1.29, 1.82) is 0 Å². The fourth-order valence-electron chi connectivity index (χ4n) is 2.39. The number of hydrogen-bond donors (Lipinski definition) is 1.